The number of methoxy groups -OCH3 is 1. The highest BCUT2D eigenvalue weighted by Gasteiger charge is 2.20. The predicted molar refractivity (Wildman–Crippen MR) is 66.4 cm³/mol. The van der Waals surface area contributed by atoms with Crippen LogP contribution in [0.25, 0.3) is 0 Å². The lowest BCUT2D eigenvalue weighted by molar-refractivity contribution is -0.121. The normalized spacial score (nSPS) is 15.6. The molecule has 0 aromatic carbocycles. The molecule has 96 valence electrons. The van der Waals surface area contributed by atoms with Crippen LogP contribution in [0, 0.1) is 5.41 Å². The second kappa shape index (κ2) is 6.86. The average molecular weight is 230 g/mol. The van der Waals surface area contributed by atoms with Crippen LogP contribution in [0.15, 0.2) is 0 Å². The van der Waals surface area contributed by atoms with Crippen molar-refractivity contribution in [2.24, 2.45) is 5.41 Å². The van der Waals surface area contributed by atoms with Gasteiger partial charge in [0, 0.05) is 19.2 Å². The van der Waals surface area contributed by atoms with E-state index in [1.54, 1.807) is 7.11 Å². The van der Waals surface area contributed by atoms with Crippen molar-refractivity contribution in [3.8, 4) is 0 Å². The van der Waals surface area contributed by atoms with Crippen LogP contribution >= 0.6 is 0 Å². The van der Waals surface area contributed by atoms with Gasteiger partial charge in [-0.25, -0.2) is 0 Å². The monoisotopic (exact) mass is 230 g/mol. The summed E-state index contributed by atoms with van der Waals surface area (Å²) in [5.74, 6) is 0.0145. The van der Waals surface area contributed by atoms with Gasteiger partial charge in [-0.1, -0.05) is 20.8 Å². The molecular formula is C12H26N2O2. The first-order valence-corrected chi connectivity index (χ1v) is 5.79. The van der Waals surface area contributed by atoms with Gasteiger partial charge in [0.25, 0.3) is 0 Å². The van der Waals surface area contributed by atoms with Gasteiger partial charge in [-0.15, -0.1) is 0 Å². The van der Waals surface area contributed by atoms with Crippen LogP contribution in [0.2, 0.25) is 0 Å². The summed E-state index contributed by atoms with van der Waals surface area (Å²) in [7, 11) is 1.63. The molecule has 0 rings (SSSR count). The van der Waals surface area contributed by atoms with Crippen LogP contribution in [0.1, 0.15) is 34.6 Å². The first kappa shape index (κ1) is 15.4. The minimum atomic E-state index is 0.0145. The quantitative estimate of drug-likeness (QED) is 0.720. The third kappa shape index (κ3) is 6.80. The molecule has 0 heterocycles. The highest BCUT2D eigenvalue weighted by Crippen LogP contribution is 2.17. The highest BCUT2D eigenvalue weighted by atomic mass is 16.5. The Kier molecular flexibility index (Phi) is 6.60. The van der Waals surface area contributed by atoms with Gasteiger partial charge in [-0.3, -0.25) is 4.79 Å². The summed E-state index contributed by atoms with van der Waals surface area (Å²) in [6.07, 6.45) is 0. The molecule has 0 aliphatic heterocycles. The van der Waals surface area contributed by atoms with Crippen molar-refractivity contribution in [1.29, 1.82) is 0 Å². The lowest BCUT2D eigenvalue weighted by atomic mass is 9.88. The van der Waals surface area contributed by atoms with Gasteiger partial charge in [-0.2, -0.15) is 0 Å². The minimum absolute atomic E-state index is 0.0145. The summed E-state index contributed by atoms with van der Waals surface area (Å²) in [4.78, 5) is 11.5. The van der Waals surface area contributed by atoms with Crippen molar-refractivity contribution < 1.29 is 9.53 Å². The van der Waals surface area contributed by atoms with Crippen LogP contribution in [-0.2, 0) is 9.53 Å². The van der Waals surface area contributed by atoms with E-state index in [0.29, 0.717) is 19.2 Å². The Labute approximate surface area is 99.1 Å². The summed E-state index contributed by atoms with van der Waals surface area (Å²) in [5, 5.41) is 6.08. The third-order valence-corrected chi connectivity index (χ3v) is 2.69. The summed E-state index contributed by atoms with van der Waals surface area (Å²) in [5.41, 5.74) is 0.165. The molecule has 0 aliphatic carbocycles. The Hall–Kier alpha value is -0.610. The number of carbonyl (C=O) groups is 1. The SMILES string of the molecule is COCC(C)NC(=O)CNC(C)C(C)(C)C. The maximum atomic E-state index is 11.5. The maximum absolute atomic E-state index is 11.5. The molecule has 4 heteroatoms. The first-order chi connectivity index (χ1) is 7.27. The Balaban J connectivity index is 3.82. The molecule has 0 saturated heterocycles. The summed E-state index contributed by atoms with van der Waals surface area (Å²) in [6.45, 7) is 11.4. The fraction of sp³-hybridized carbons (Fsp3) is 0.917. The van der Waals surface area contributed by atoms with E-state index in [1.165, 1.54) is 0 Å². The molecule has 0 spiro atoms. The molecule has 16 heavy (non-hydrogen) atoms. The Morgan fingerprint density at radius 1 is 1.31 bits per heavy atom. The number of ether oxygens (including phenoxy) is 1. The number of amides is 1. The van der Waals surface area contributed by atoms with Gasteiger partial charge < -0.3 is 15.4 Å². The molecule has 1 amide bonds. The molecule has 0 aliphatic rings. The maximum Gasteiger partial charge on any atom is 0.234 e. The van der Waals surface area contributed by atoms with Gasteiger partial charge in [0.15, 0.2) is 0 Å². The van der Waals surface area contributed by atoms with Crippen LogP contribution in [-0.4, -0.2) is 38.3 Å². The van der Waals surface area contributed by atoms with E-state index in [1.807, 2.05) is 6.92 Å². The van der Waals surface area contributed by atoms with E-state index in [-0.39, 0.29) is 17.4 Å². The Bertz CT molecular complexity index is 212. The average Bonchev–Trinajstić information content (AvgIpc) is 2.12. The van der Waals surface area contributed by atoms with Gasteiger partial charge in [0.05, 0.1) is 13.2 Å². The fourth-order valence-electron chi connectivity index (χ4n) is 1.17. The number of rotatable bonds is 6. The van der Waals surface area contributed by atoms with Crippen molar-refractivity contribution in [1.82, 2.24) is 10.6 Å². The molecule has 2 atom stereocenters. The van der Waals surface area contributed by atoms with Crippen molar-refractivity contribution in [3.63, 3.8) is 0 Å². The molecule has 0 aromatic heterocycles. The van der Waals surface area contributed by atoms with Crippen LogP contribution in [0.3, 0.4) is 0 Å². The summed E-state index contributed by atoms with van der Waals surface area (Å²) < 4.78 is 4.95. The van der Waals surface area contributed by atoms with Crippen molar-refractivity contribution in [3.05, 3.63) is 0 Å². The largest absolute Gasteiger partial charge is 0.383 e. The summed E-state index contributed by atoms with van der Waals surface area (Å²) >= 11 is 0. The topological polar surface area (TPSA) is 50.4 Å². The van der Waals surface area contributed by atoms with E-state index < -0.39 is 0 Å². The van der Waals surface area contributed by atoms with E-state index in [0.717, 1.165) is 0 Å². The van der Waals surface area contributed by atoms with Crippen LogP contribution < -0.4 is 10.6 Å². The van der Waals surface area contributed by atoms with E-state index in [9.17, 15) is 4.79 Å². The molecule has 0 bridgehead atoms. The predicted octanol–water partition coefficient (Wildman–Crippen LogP) is 1.16. The molecule has 0 fully saturated rings. The van der Waals surface area contributed by atoms with Crippen molar-refractivity contribution >= 4 is 5.91 Å². The molecule has 2 unspecified atom stereocenters. The molecule has 4 nitrogen and oxygen atoms in total. The lowest BCUT2D eigenvalue weighted by Gasteiger charge is -2.28. The van der Waals surface area contributed by atoms with E-state index in [2.05, 4.69) is 38.3 Å². The zero-order valence-corrected chi connectivity index (χ0v) is 11.4. The molecule has 0 aromatic rings. The van der Waals surface area contributed by atoms with Crippen molar-refractivity contribution in [2.75, 3.05) is 20.3 Å². The highest BCUT2D eigenvalue weighted by molar-refractivity contribution is 5.78. The number of nitrogens with one attached hydrogen (secondary N) is 2. The van der Waals surface area contributed by atoms with Gasteiger partial charge in [-0.05, 0) is 19.3 Å². The number of carbonyl (C=O) groups excluding carboxylic acids is 1. The number of hydrogen-bond acceptors (Lipinski definition) is 3. The number of hydrogen-bond donors (Lipinski definition) is 2. The summed E-state index contributed by atoms with van der Waals surface area (Å²) in [6, 6.07) is 0.361. The smallest absolute Gasteiger partial charge is 0.234 e. The second-order valence-electron chi connectivity index (χ2n) is 5.39. The molecule has 0 saturated carbocycles. The van der Waals surface area contributed by atoms with E-state index in [4.69, 9.17) is 4.74 Å². The minimum Gasteiger partial charge on any atom is -0.383 e. The molecule has 0 radical (unpaired) electrons. The molecule has 2 N–H and O–H groups in total. The standard InChI is InChI=1S/C12H26N2O2/c1-9(8-16-6)14-11(15)7-13-10(2)12(3,4)5/h9-10,13H,7-8H2,1-6H3,(H,14,15). The fourth-order valence-corrected chi connectivity index (χ4v) is 1.17. The van der Waals surface area contributed by atoms with E-state index >= 15 is 0 Å². The first-order valence-electron chi connectivity index (χ1n) is 5.79. The Morgan fingerprint density at radius 2 is 1.88 bits per heavy atom. The van der Waals surface area contributed by atoms with Gasteiger partial charge in [0.1, 0.15) is 0 Å². The zero-order valence-electron chi connectivity index (χ0n) is 11.4. The van der Waals surface area contributed by atoms with Crippen LogP contribution in [0.5, 0.6) is 0 Å². The van der Waals surface area contributed by atoms with Gasteiger partial charge >= 0.3 is 0 Å². The lowest BCUT2D eigenvalue weighted by Crippen LogP contribution is -2.46. The van der Waals surface area contributed by atoms with Gasteiger partial charge in [0.2, 0.25) is 5.91 Å². The molecular weight excluding hydrogens is 204 g/mol. The zero-order chi connectivity index (χ0) is 12.8. The second-order valence-corrected chi connectivity index (χ2v) is 5.39. The Morgan fingerprint density at radius 3 is 2.31 bits per heavy atom. The van der Waals surface area contributed by atoms with Crippen molar-refractivity contribution in [2.45, 2.75) is 46.7 Å². The van der Waals surface area contributed by atoms with Crippen LogP contribution in [0.4, 0.5) is 0 Å². The third-order valence-electron chi connectivity index (χ3n) is 2.69.